The van der Waals surface area contributed by atoms with Crippen LogP contribution in [-0.4, -0.2) is 45.1 Å². The molecular formula is C19H22ClN5O2. The number of rotatable bonds is 6. The van der Waals surface area contributed by atoms with Crippen LogP contribution in [0.1, 0.15) is 24.1 Å². The first kappa shape index (κ1) is 19.3. The van der Waals surface area contributed by atoms with Crippen molar-refractivity contribution in [3.63, 3.8) is 0 Å². The third-order valence-electron chi connectivity index (χ3n) is 4.34. The van der Waals surface area contributed by atoms with Gasteiger partial charge in [0.05, 0.1) is 18.1 Å². The summed E-state index contributed by atoms with van der Waals surface area (Å²) in [7, 11) is 0. The number of nitrogens with one attached hydrogen (secondary N) is 2. The van der Waals surface area contributed by atoms with Crippen LogP contribution in [0.15, 0.2) is 42.7 Å². The number of likely N-dealkylation sites (tertiary alicyclic amines) is 1. The summed E-state index contributed by atoms with van der Waals surface area (Å²) in [6, 6.07) is 8.27. The van der Waals surface area contributed by atoms with Crippen LogP contribution < -0.4 is 10.8 Å². The topological polar surface area (TPSA) is 90.4 Å². The molecule has 2 heterocycles. The second-order valence-corrected chi connectivity index (χ2v) is 6.92. The molecule has 1 aliphatic rings. The van der Waals surface area contributed by atoms with E-state index in [4.69, 9.17) is 16.8 Å². The lowest BCUT2D eigenvalue weighted by Crippen LogP contribution is -2.41. The van der Waals surface area contributed by atoms with Crippen LogP contribution in [0.4, 0.5) is 5.82 Å². The number of hydrogen-bond donors (Lipinski definition) is 3. The molecule has 0 unspecified atom stereocenters. The van der Waals surface area contributed by atoms with Crippen molar-refractivity contribution in [1.29, 1.82) is 0 Å². The zero-order valence-corrected chi connectivity index (χ0v) is 15.6. The molecule has 0 radical (unpaired) electrons. The Morgan fingerprint density at radius 2 is 2.26 bits per heavy atom. The van der Waals surface area contributed by atoms with E-state index in [9.17, 15) is 4.79 Å². The van der Waals surface area contributed by atoms with Gasteiger partial charge in [-0.3, -0.25) is 19.9 Å². The van der Waals surface area contributed by atoms with Gasteiger partial charge in [-0.2, -0.15) is 0 Å². The highest BCUT2D eigenvalue weighted by Crippen LogP contribution is 2.18. The summed E-state index contributed by atoms with van der Waals surface area (Å²) in [6.45, 7) is 2.86. The first-order chi connectivity index (χ1) is 13.1. The van der Waals surface area contributed by atoms with Crippen molar-refractivity contribution in [2.45, 2.75) is 25.4 Å². The van der Waals surface area contributed by atoms with Crippen LogP contribution in [0.3, 0.4) is 0 Å². The maximum atomic E-state index is 11.0. The molecular weight excluding hydrogens is 366 g/mol. The van der Waals surface area contributed by atoms with Gasteiger partial charge in [0.2, 0.25) is 0 Å². The minimum atomic E-state index is -0.610. The van der Waals surface area contributed by atoms with Crippen molar-refractivity contribution >= 4 is 29.4 Å². The lowest BCUT2D eigenvalue weighted by Gasteiger charge is -2.33. The average molecular weight is 388 g/mol. The molecule has 142 valence electrons. The van der Waals surface area contributed by atoms with Gasteiger partial charge in [0.1, 0.15) is 5.82 Å². The number of anilines is 1. The van der Waals surface area contributed by atoms with Crippen molar-refractivity contribution in [3.8, 4) is 0 Å². The molecule has 3 N–H and O–H groups in total. The van der Waals surface area contributed by atoms with Gasteiger partial charge < -0.3 is 5.32 Å². The molecule has 2 aromatic rings. The van der Waals surface area contributed by atoms with E-state index in [1.165, 1.54) is 23.2 Å². The van der Waals surface area contributed by atoms with Gasteiger partial charge in [0.25, 0.3) is 5.91 Å². The SMILES string of the molecule is O=C(/C=C/c1cnc(N[C@@H]2CCCN(Cc3cccc(Cl)c3)C2)cn1)NO. The average Bonchev–Trinajstić information content (AvgIpc) is 2.67. The van der Waals surface area contributed by atoms with Gasteiger partial charge in [-0.15, -0.1) is 0 Å². The van der Waals surface area contributed by atoms with E-state index in [0.29, 0.717) is 17.6 Å². The number of aromatic nitrogens is 2. The molecule has 1 saturated heterocycles. The Balaban J connectivity index is 1.54. The quantitative estimate of drug-likeness (QED) is 0.401. The lowest BCUT2D eigenvalue weighted by molar-refractivity contribution is -0.124. The molecule has 1 fully saturated rings. The Labute approximate surface area is 163 Å². The summed E-state index contributed by atoms with van der Waals surface area (Å²) in [6.07, 6.45) is 8.08. The number of piperidine rings is 1. The molecule has 27 heavy (non-hydrogen) atoms. The number of nitrogens with zero attached hydrogens (tertiary/aromatic N) is 3. The number of amides is 1. The maximum absolute atomic E-state index is 11.0. The van der Waals surface area contributed by atoms with E-state index < -0.39 is 5.91 Å². The van der Waals surface area contributed by atoms with Crippen molar-refractivity contribution < 1.29 is 10.0 Å². The molecule has 8 heteroatoms. The highest BCUT2D eigenvalue weighted by atomic mass is 35.5. The fourth-order valence-electron chi connectivity index (χ4n) is 3.12. The second-order valence-electron chi connectivity index (χ2n) is 6.48. The molecule has 0 spiro atoms. The Morgan fingerprint density at radius 1 is 1.37 bits per heavy atom. The van der Waals surface area contributed by atoms with Gasteiger partial charge in [0, 0.05) is 30.2 Å². The Bertz CT molecular complexity index is 797. The molecule has 1 amide bonds. The largest absolute Gasteiger partial charge is 0.365 e. The molecule has 0 bridgehead atoms. The van der Waals surface area contributed by atoms with Crippen molar-refractivity contribution in [3.05, 3.63) is 59.0 Å². The fraction of sp³-hybridized carbons (Fsp3) is 0.316. The van der Waals surface area contributed by atoms with Crippen LogP contribution in [0.25, 0.3) is 6.08 Å². The third-order valence-corrected chi connectivity index (χ3v) is 4.58. The van der Waals surface area contributed by atoms with E-state index in [0.717, 1.165) is 37.5 Å². The van der Waals surface area contributed by atoms with E-state index in [1.807, 2.05) is 18.2 Å². The van der Waals surface area contributed by atoms with E-state index in [2.05, 4.69) is 26.3 Å². The molecule has 7 nitrogen and oxygen atoms in total. The Kier molecular flexibility index (Phi) is 6.75. The standard InChI is InChI=1S/C19H22ClN5O2/c20-15-4-1-3-14(9-15)12-25-8-2-5-17(13-25)23-18-11-21-16(10-22-18)6-7-19(26)24-27/h1,3-4,6-7,9-11,17,27H,2,5,8,12-13H2,(H,22,23)(H,24,26)/b7-6+/t17-/m1/s1. The van der Waals surface area contributed by atoms with E-state index in [-0.39, 0.29) is 0 Å². The highest BCUT2D eigenvalue weighted by Gasteiger charge is 2.20. The van der Waals surface area contributed by atoms with Gasteiger partial charge >= 0.3 is 0 Å². The zero-order chi connectivity index (χ0) is 19.1. The monoisotopic (exact) mass is 387 g/mol. The summed E-state index contributed by atoms with van der Waals surface area (Å²) in [4.78, 5) is 22.0. The second kappa shape index (κ2) is 9.45. The summed E-state index contributed by atoms with van der Waals surface area (Å²) in [5.74, 6) is 0.0920. The molecule has 0 saturated carbocycles. The lowest BCUT2D eigenvalue weighted by atomic mass is 10.0. The van der Waals surface area contributed by atoms with Crippen molar-refractivity contribution in [2.75, 3.05) is 18.4 Å². The Morgan fingerprint density at radius 3 is 3.00 bits per heavy atom. The number of benzene rings is 1. The third kappa shape index (κ3) is 6.02. The molecule has 1 aromatic carbocycles. The van der Waals surface area contributed by atoms with Gasteiger partial charge in [-0.05, 0) is 43.2 Å². The zero-order valence-electron chi connectivity index (χ0n) is 14.8. The Hall–Kier alpha value is -2.48. The van der Waals surface area contributed by atoms with Crippen LogP contribution in [0, 0.1) is 0 Å². The molecule has 1 aromatic heterocycles. The van der Waals surface area contributed by atoms with Crippen molar-refractivity contribution in [2.24, 2.45) is 0 Å². The summed E-state index contributed by atoms with van der Waals surface area (Å²) < 4.78 is 0. The van der Waals surface area contributed by atoms with Gasteiger partial charge in [-0.25, -0.2) is 10.5 Å². The molecule has 1 atom stereocenters. The minimum absolute atomic E-state index is 0.300. The maximum Gasteiger partial charge on any atom is 0.267 e. The molecule has 1 aliphatic heterocycles. The summed E-state index contributed by atoms with van der Waals surface area (Å²) >= 11 is 6.07. The number of hydroxylamine groups is 1. The number of carbonyl (C=O) groups excluding carboxylic acids is 1. The number of carbonyl (C=O) groups is 1. The molecule has 3 rings (SSSR count). The highest BCUT2D eigenvalue weighted by molar-refractivity contribution is 6.30. The van der Waals surface area contributed by atoms with E-state index in [1.54, 1.807) is 12.4 Å². The molecule has 0 aliphatic carbocycles. The minimum Gasteiger partial charge on any atom is -0.365 e. The van der Waals surface area contributed by atoms with Crippen LogP contribution in [-0.2, 0) is 11.3 Å². The van der Waals surface area contributed by atoms with Gasteiger partial charge in [0.15, 0.2) is 0 Å². The first-order valence-electron chi connectivity index (χ1n) is 8.80. The normalized spacial score (nSPS) is 17.8. The smallest absolute Gasteiger partial charge is 0.267 e. The van der Waals surface area contributed by atoms with E-state index >= 15 is 0 Å². The van der Waals surface area contributed by atoms with Gasteiger partial charge in [-0.1, -0.05) is 23.7 Å². The summed E-state index contributed by atoms with van der Waals surface area (Å²) in [5.41, 5.74) is 3.28. The predicted octanol–water partition coefficient (Wildman–Crippen LogP) is 2.73. The van der Waals surface area contributed by atoms with Crippen LogP contribution in [0.2, 0.25) is 5.02 Å². The number of halogens is 1. The fourth-order valence-corrected chi connectivity index (χ4v) is 3.33. The van der Waals surface area contributed by atoms with Crippen LogP contribution >= 0.6 is 11.6 Å². The summed E-state index contributed by atoms with van der Waals surface area (Å²) in [5, 5.41) is 12.7. The first-order valence-corrected chi connectivity index (χ1v) is 9.18. The predicted molar refractivity (Wildman–Crippen MR) is 104 cm³/mol. The van der Waals surface area contributed by atoms with Crippen LogP contribution in [0.5, 0.6) is 0 Å². The number of hydrogen-bond acceptors (Lipinski definition) is 6. The van der Waals surface area contributed by atoms with Crippen molar-refractivity contribution in [1.82, 2.24) is 20.3 Å².